The number of carbonyl (C=O) groups is 1. The number of aromatic nitrogens is 4. The van der Waals surface area contributed by atoms with Crippen LogP contribution in [0.5, 0.6) is 0 Å². The summed E-state index contributed by atoms with van der Waals surface area (Å²) in [6.45, 7) is 0.892. The Balaban J connectivity index is 1.65. The number of imidazole rings is 1. The molecule has 1 atom stereocenters. The number of hydrogen-bond donors (Lipinski definition) is 1. The SMILES string of the molecule is Cn1c(C2CCCN2c2cnc(C(=O)O)cn2)nc2c1CCCC2. The van der Waals surface area contributed by atoms with E-state index in [0.29, 0.717) is 0 Å². The van der Waals surface area contributed by atoms with Gasteiger partial charge in [-0.1, -0.05) is 0 Å². The molecule has 0 amide bonds. The van der Waals surface area contributed by atoms with E-state index in [9.17, 15) is 4.79 Å². The van der Waals surface area contributed by atoms with E-state index in [-0.39, 0.29) is 11.7 Å². The van der Waals surface area contributed by atoms with Crippen LogP contribution in [0.4, 0.5) is 5.82 Å². The average molecular weight is 327 g/mol. The van der Waals surface area contributed by atoms with Crippen LogP contribution in [0.25, 0.3) is 0 Å². The summed E-state index contributed by atoms with van der Waals surface area (Å²) < 4.78 is 2.26. The minimum absolute atomic E-state index is 0.0260. The highest BCUT2D eigenvalue weighted by Crippen LogP contribution is 2.36. The fourth-order valence-electron chi connectivity index (χ4n) is 3.89. The third-order valence-corrected chi connectivity index (χ3v) is 5.11. The van der Waals surface area contributed by atoms with Crippen molar-refractivity contribution in [3.05, 3.63) is 35.3 Å². The summed E-state index contributed by atoms with van der Waals surface area (Å²) in [7, 11) is 2.11. The Bertz CT molecular complexity index is 768. The molecule has 4 rings (SSSR count). The van der Waals surface area contributed by atoms with Crippen molar-refractivity contribution in [1.82, 2.24) is 19.5 Å². The molecule has 7 nitrogen and oxygen atoms in total. The number of fused-ring (bicyclic) bond motifs is 1. The fraction of sp³-hybridized carbons (Fsp3) is 0.529. The van der Waals surface area contributed by atoms with E-state index in [2.05, 4.69) is 26.5 Å². The highest BCUT2D eigenvalue weighted by Gasteiger charge is 2.32. The lowest BCUT2D eigenvalue weighted by Crippen LogP contribution is -2.26. The number of rotatable bonds is 3. The minimum Gasteiger partial charge on any atom is -0.476 e. The van der Waals surface area contributed by atoms with E-state index >= 15 is 0 Å². The molecule has 3 heterocycles. The van der Waals surface area contributed by atoms with Gasteiger partial charge in [0, 0.05) is 19.3 Å². The van der Waals surface area contributed by atoms with Gasteiger partial charge < -0.3 is 14.6 Å². The number of hydrogen-bond acceptors (Lipinski definition) is 5. The average Bonchev–Trinajstić information content (AvgIpc) is 3.20. The number of nitrogens with zero attached hydrogens (tertiary/aromatic N) is 5. The van der Waals surface area contributed by atoms with Crippen LogP contribution >= 0.6 is 0 Å². The first-order valence-corrected chi connectivity index (χ1v) is 8.51. The number of aryl methyl sites for hydroxylation is 1. The minimum atomic E-state index is -1.05. The second-order valence-electron chi connectivity index (χ2n) is 6.55. The molecule has 2 aliphatic rings. The molecule has 24 heavy (non-hydrogen) atoms. The molecule has 1 saturated heterocycles. The van der Waals surface area contributed by atoms with Crippen LogP contribution in [-0.2, 0) is 19.9 Å². The molecular formula is C17H21N5O2. The van der Waals surface area contributed by atoms with Gasteiger partial charge in [0.25, 0.3) is 0 Å². The van der Waals surface area contributed by atoms with Crippen molar-refractivity contribution in [3.8, 4) is 0 Å². The predicted molar refractivity (Wildman–Crippen MR) is 88.2 cm³/mol. The Morgan fingerprint density at radius 2 is 2.04 bits per heavy atom. The molecule has 1 aliphatic heterocycles. The van der Waals surface area contributed by atoms with Gasteiger partial charge in [0.15, 0.2) is 5.69 Å². The molecule has 7 heteroatoms. The second-order valence-corrected chi connectivity index (χ2v) is 6.55. The predicted octanol–water partition coefficient (Wildman–Crippen LogP) is 2.13. The quantitative estimate of drug-likeness (QED) is 0.929. The van der Waals surface area contributed by atoms with Gasteiger partial charge in [-0.2, -0.15) is 0 Å². The largest absolute Gasteiger partial charge is 0.476 e. The van der Waals surface area contributed by atoms with Crippen molar-refractivity contribution in [2.45, 2.75) is 44.6 Å². The summed E-state index contributed by atoms with van der Waals surface area (Å²) >= 11 is 0. The van der Waals surface area contributed by atoms with Crippen molar-refractivity contribution < 1.29 is 9.90 Å². The number of carboxylic acid groups (broad SMARTS) is 1. The summed E-state index contributed by atoms with van der Waals surface area (Å²) in [5.74, 6) is 0.774. The Morgan fingerprint density at radius 3 is 2.75 bits per heavy atom. The highest BCUT2D eigenvalue weighted by molar-refractivity contribution is 5.84. The smallest absolute Gasteiger partial charge is 0.356 e. The topological polar surface area (TPSA) is 84.1 Å². The van der Waals surface area contributed by atoms with Crippen LogP contribution in [0, 0.1) is 0 Å². The van der Waals surface area contributed by atoms with Gasteiger partial charge in [0.1, 0.15) is 11.6 Å². The third-order valence-electron chi connectivity index (χ3n) is 5.11. The van der Waals surface area contributed by atoms with E-state index in [1.165, 1.54) is 30.4 Å². The van der Waals surface area contributed by atoms with E-state index in [1.54, 1.807) is 6.20 Å². The number of anilines is 1. The Labute approximate surface area is 140 Å². The molecule has 1 N–H and O–H groups in total. The lowest BCUT2D eigenvalue weighted by atomic mass is 10.0. The summed E-state index contributed by atoms with van der Waals surface area (Å²) in [4.78, 5) is 26.4. The summed E-state index contributed by atoms with van der Waals surface area (Å²) in [5.41, 5.74) is 2.59. The zero-order valence-corrected chi connectivity index (χ0v) is 13.8. The van der Waals surface area contributed by atoms with Gasteiger partial charge in [0.05, 0.1) is 24.1 Å². The summed E-state index contributed by atoms with van der Waals surface area (Å²) in [6, 6.07) is 0.186. The maximum absolute atomic E-state index is 10.9. The Hall–Kier alpha value is -2.44. The van der Waals surface area contributed by atoms with Crippen molar-refractivity contribution >= 4 is 11.8 Å². The van der Waals surface area contributed by atoms with E-state index in [0.717, 1.165) is 43.9 Å². The zero-order valence-electron chi connectivity index (χ0n) is 13.8. The second kappa shape index (κ2) is 5.89. The Morgan fingerprint density at radius 1 is 1.21 bits per heavy atom. The Kier molecular flexibility index (Phi) is 3.70. The van der Waals surface area contributed by atoms with Gasteiger partial charge in [-0.3, -0.25) is 0 Å². The molecule has 0 bridgehead atoms. The van der Waals surface area contributed by atoms with Crippen LogP contribution in [0.3, 0.4) is 0 Å². The molecular weight excluding hydrogens is 306 g/mol. The van der Waals surface area contributed by atoms with Gasteiger partial charge in [-0.25, -0.2) is 19.7 Å². The molecule has 1 unspecified atom stereocenters. The molecule has 1 aliphatic carbocycles. The monoisotopic (exact) mass is 327 g/mol. The molecule has 2 aromatic heterocycles. The summed E-state index contributed by atoms with van der Waals surface area (Å²) in [6.07, 6.45) is 9.64. The van der Waals surface area contributed by atoms with Gasteiger partial charge in [-0.05, 0) is 38.5 Å². The number of carboxylic acids is 1. The van der Waals surface area contributed by atoms with E-state index < -0.39 is 5.97 Å². The maximum Gasteiger partial charge on any atom is 0.356 e. The van der Waals surface area contributed by atoms with Crippen molar-refractivity contribution in [3.63, 3.8) is 0 Å². The van der Waals surface area contributed by atoms with Crippen LogP contribution in [0.2, 0.25) is 0 Å². The van der Waals surface area contributed by atoms with E-state index in [1.807, 2.05) is 0 Å². The highest BCUT2D eigenvalue weighted by atomic mass is 16.4. The van der Waals surface area contributed by atoms with Crippen LogP contribution in [0.15, 0.2) is 12.4 Å². The van der Waals surface area contributed by atoms with Crippen LogP contribution < -0.4 is 4.90 Å². The first kappa shape index (κ1) is 15.1. The normalized spacial score (nSPS) is 20.2. The van der Waals surface area contributed by atoms with Gasteiger partial charge >= 0.3 is 5.97 Å². The fourth-order valence-corrected chi connectivity index (χ4v) is 3.89. The van der Waals surface area contributed by atoms with Gasteiger partial charge in [0.2, 0.25) is 0 Å². The maximum atomic E-state index is 10.9. The van der Waals surface area contributed by atoms with Crippen molar-refractivity contribution in [2.24, 2.45) is 7.05 Å². The van der Waals surface area contributed by atoms with Crippen LogP contribution in [-0.4, -0.2) is 37.1 Å². The number of aromatic carboxylic acids is 1. The first-order chi connectivity index (χ1) is 11.6. The molecule has 0 radical (unpaired) electrons. The molecule has 0 aromatic carbocycles. The van der Waals surface area contributed by atoms with Crippen LogP contribution in [0.1, 0.15) is 59.4 Å². The van der Waals surface area contributed by atoms with E-state index in [4.69, 9.17) is 10.1 Å². The molecule has 2 aromatic rings. The molecule has 0 saturated carbocycles. The standard InChI is InChI=1S/C17H21N5O2/c1-21-13-6-3-2-5-11(13)20-16(21)14-7-4-8-22(14)15-10-18-12(9-19-15)17(23)24/h9-10,14H,2-8H2,1H3,(H,23,24). The third kappa shape index (κ3) is 2.44. The van der Waals surface area contributed by atoms with Gasteiger partial charge in [-0.15, -0.1) is 0 Å². The lowest BCUT2D eigenvalue weighted by Gasteiger charge is -2.25. The first-order valence-electron chi connectivity index (χ1n) is 8.51. The summed E-state index contributed by atoms with van der Waals surface area (Å²) in [5, 5.41) is 8.97. The molecule has 126 valence electrons. The molecule has 1 fully saturated rings. The lowest BCUT2D eigenvalue weighted by molar-refractivity contribution is 0.0690. The molecule has 0 spiro atoms. The zero-order chi connectivity index (χ0) is 16.7. The van der Waals surface area contributed by atoms with Crippen molar-refractivity contribution in [1.29, 1.82) is 0 Å². The van der Waals surface area contributed by atoms with Crippen molar-refractivity contribution in [2.75, 3.05) is 11.4 Å².